The molecule has 0 saturated heterocycles. The molecule has 1 rings (SSSR count). The van der Waals surface area contributed by atoms with Gasteiger partial charge in [0.15, 0.2) is 0 Å². The van der Waals surface area contributed by atoms with Crippen molar-refractivity contribution in [2.24, 2.45) is 5.92 Å². The molecule has 1 unspecified atom stereocenters. The topological polar surface area (TPSA) is 0 Å². The highest BCUT2D eigenvalue weighted by atomic mass is 28.3. The van der Waals surface area contributed by atoms with E-state index in [-0.39, 0.29) is 8.80 Å². The third-order valence-electron chi connectivity index (χ3n) is 3.23. The summed E-state index contributed by atoms with van der Waals surface area (Å²) in [5.41, 5.74) is 1.64. The van der Waals surface area contributed by atoms with Gasteiger partial charge in [0, 0.05) is 8.80 Å². The molecule has 0 spiro atoms. The SMILES string of the molecule is CCC1=CC=CC1CCCCC[Si](C)C. The quantitative estimate of drug-likeness (QED) is 0.427. The fourth-order valence-corrected chi connectivity index (χ4v) is 3.20. The van der Waals surface area contributed by atoms with E-state index in [1.807, 2.05) is 0 Å². The van der Waals surface area contributed by atoms with Crippen LogP contribution in [-0.4, -0.2) is 8.80 Å². The van der Waals surface area contributed by atoms with Gasteiger partial charge in [0.2, 0.25) is 0 Å². The standard InChI is InChI=1S/C14H25Si/c1-4-13-10-8-11-14(13)9-6-5-7-12-15(2)3/h8,10-11,14H,4-7,9,12H2,1-3H3. The van der Waals surface area contributed by atoms with Crippen LogP contribution in [0.3, 0.4) is 0 Å². The second-order valence-corrected chi connectivity index (χ2v) is 7.81. The maximum Gasteiger partial charge on any atom is 0.0412 e. The van der Waals surface area contributed by atoms with Gasteiger partial charge in [0.1, 0.15) is 0 Å². The van der Waals surface area contributed by atoms with Gasteiger partial charge in [-0.25, -0.2) is 0 Å². The Kier molecular flexibility index (Phi) is 6.00. The molecule has 0 amide bonds. The molecule has 0 bridgehead atoms. The molecule has 85 valence electrons. The van der Waals surface area contributed by atoms with Crippen molar-refractivity contribution in [2.45, 2.75) is 58.2 Å². The lowest BCUT2D eigenvalue weighted by atomic mass is 9.94. The molecule has 1 aliphatic rings. The van der Waals surface area contributed by atoms with Crippen LogP contribution in [0.15, 0.2) is 23.8 Å². The molecule has 1 aliphatic carbocycles. The predicted octanol–water partition coefficient (Wildman–Crippen LogP) is 4.82. The van der Waals surface area contributed by atoms with Crippen LogP contribution in [0.5, 0.6) is 0 Å². The van der Waals surface area contributed by atoms with Crippen LogP contribution < -0.4 is 0 Å². The van der Waals surface area contributed by atoms with Gasteiger partial charge in [0.25, 0.3) is 0 Å². The molecule has 0 heterocycles. The Bertz CT molecular complexity index is 225. The summed E-state index contributed by atoms with van der Waals surface area (Å²) in [4.78, 5) is 0. The van der Waals surface area contributed by atoms with Gasteiger partial charge in [-0.15, -0.1) is 0 Å². The van der Waals surface area contributed by atoms with Gasteiger partial charge in [0.05, 0.1) is 0 Å². The molecule has 1 atom stereocenters. The highest BCUT2D eigenvalue weighted by molar-refractivity contribution is 6.55. The minimum absolute atomic E-state index is 0.0258. The van der Waals surface area contributed by atoms with E-state index in [9.17, 15) is 0 Å². The van der Waals surface area contributed by atoms with Gasteiger partial charge in [-0.05, 0) is 18.8 Å². The zero-order chi connectivity index (χ0) is 11.1. The first kappa shape index (κ1) is 12.8. The summed E-state index contributed by atoms with van der Waals surface area (Å²) < 4.78 is 0. The lowest BCUT2D eigenvalue weighted by Crippen LogP contribution is -2.00. The van der Waals surface area contributed by atoms with Crippen molar-refractivity contribution < 1.29 is 0 Å². The second-order valence-electron chi connectivity index (χ2n) is 4.89. The predicted molar refractivity (Wildman–Crippen MR) is 71.8 cm³/mol. The van der Waals surface area contributed by atoms with E-state index in [2.05, 4.69) is 38.2 Å². The van der Waals surface area contributed by atoms with Crippen molar-refractivity contribution >= 4 is 8.80 Å². The van der Waals surface area contributed by atoms with Crippen molar-refractivity contribution in [2.75, 3.05) is 0 Å². The fourth-order valence-electron chi connectivity index (χ4n) is 2.24. The van der Waals surface area contributed by atoms with E-state index in [4.69, 9.17) is 0 Å². The Morgan fingerprint density at radius 3 is 2.67 bits per heavy atom. The Hall–Kier alpha value is -0.303. The summed E-state index contributed by atoms with van der Waals surface area (Å²) in [6, 6.07) is 1.50. The van der Waals surface area contributed by atoms with Gasteiger partial charge in [-0.1, -0.05) is 69.1 Å². The molecular formula is C14H25Si. The summed E-state index contributed by atoms with van der Waals surface area (Å²) in [6.07, 6.45) is 13.9. The maximum atomic E-state index is 2.42. The van der Waals surface area contributed by atoms with Crippen molar-refractivity contribution in [3.63, 3.8) is 0 Å². The van der Waals surface area contributed by atoms with E-state index in [1.165, 1.54) is 38.1 Å². The average molecular weight is 221 g/mol. The van der Waals surface area contributed by atoms with Gasteiger partial charge in [-0.3, -0.25) is 0 Å². The number of unbranched alkanes of at least 4 members (excludes halogenated alkanes) is 2. The lowest BCUT2D eigenvalue weighted by Gasteiger charge is -2.12. The largest absolute Gasteiger partial charge is 0.0773 e. The maximum absolute atomic E-state index is 2.42. The fraction of sp³-hybridized carbons (Fsp3) is 0.714. The molecule has 0 aliphatic heterocycles. The highest BCUT2D eigenvalue weighted by Gasteiger charge is 2.12. The summed E-state index contributed by atoms with van der Waals surface area (Å²) >= 11 is 0. The van der Waals surface area contributed by atoms with E-state index < -0.39 is 0 Å². The molecule has 0 saturated carbocycles. The van der Waals surface area contributed by atoms with Crippen LogP contribution in [0.1, 0.15) is 39.0 Å². The molecule has 0 fully saturated rings. The third kappa shape index (κ3) is 4.83. The molecule has 0 aromatic rings. The van der Waals surface area contributed by atoms with E-state index in [1.54, 1.807) is 5.57 Å². The Balaban J connectivity index is 2.05. The first-order chi connectivity index (χ1) is 7.24. The Morgan fingerprint density at radius 1 is 1.20 bits per heavy atom. The smallest absolute Gasteiger partial charge is 0.0412 e. The van der Waals surface area contributed by atoms with Crippen LogP contribution in [-0.2, 0) is 0 Å². The van der Waals surface area contributed by atoms with Gasteiger partial charge in [-0.2, -0.15) is 0 Å². The van der Waals surface area contributed by atoms with E-state index in [0.717, 1.165) is 5.92 Å². The molecule has 0 nitrogen and oxygen atoms in total. The third-order valence-corrected chi connectivity index (χ3v) is 4.58. The lowest BCUT2D eigenvalue weighted by molar-refractivity contribution is 0.587. The number of hydrogen-bond acceptors (Lipinski definition) is 0. The number of rotatable bonds is 7. The molecule has 15 heavy (non-hydrogen) atoms. The van der Waals surface area contributed by atoms with Crippen molar-refractivity contribution in [3.8, 4) is 0 Å². The van der Waals surface area contributed by atoms with Crippen molar-refractivity contribution in [1.82, 2.24) is 0 Å². The van der Waals surface area contributed by atoms with Crippen LogP contribution in [0.2, 0.25) is 19.1 Å². The molecule has 1 heteroatoms. The first-order valence-corrected chi connectivity index (χ1v) is 9.11. The van der Waals surface area contributed by atoms with E-state index in [0.29, 0.717) is 0 Å². The summed E-state index contributed by atoms with van der Waals surface area (Å²) in [7, 11) is 0.0258. The molecular weight excluding hydrogens is 196 g/mol. The van der Waals surface area contributed by atoms with Crippen LogP contribution in [0, 0.1) is 5.92 Å². The highest BCUT2D eigenvalue weighted by Crippen LogP contribution is 2.27. The van der Waals surface area contributed by atoms with Crippen molar-refractivity contribution in [3.05, 3.63) is 23.8 Å². The van der Waals surface area contributed by atoms with Gasteiger partial charge >= 0.3 is 0 Å². The van der Waals surface area contributed by atoms with Crippen LogP contribution >= 0.6 is 0 Å². The normalized spacial score (nSPS) is 20.0. The summed E-state index contributed by atoms with van der Waals surface area (Å²) in [5.74, 6) is 0.781. The number of hydrogen-bond donors (Lipinski definition) is 0. The zero-order valence-electron chi connectivity index (χ0n) is 10.6. The molecule has 0 N–H and O–H groups in total. The summed E-state index contributed by atoms with van der Waals surface area (Å²) in [5, 5.41) is 0. The number of allylic oxidation sites excluding steroid dienone is 4. The van der Waals surface area contributed by atoms with Crippen molar-refractivity contribution in [1.29, 1.82) is 0 Å². The molecule has 1 radical (unpaired) electrons. The first-order valence-electron chi connectivity index (χ1n) is 6.40. The van der Waals surface area contributed by atoms with E-state index >= 15 is 0 Å². The van der Waals surface area contributed by atoms with Crippen LogP contribution in [0.4, 0.5) is 0 Å². The van der Waals surface area contributed by atoms with Crippen LogP contribution in [0.25, 0.3) is 0 Å². The summed E-state index contributed by atoms with van der Waals surface area (Å²) in [6.45, 7) is 7.11. The zero-order valence-corrected chi connectivity index (χ0v) is 11.6. The Morgan fingerprint density at radius 2 is 2.00 bits per heavy atom. The average Bonchev–Trinajstić information content (AvgIpc) is 2.64. The molecule has 0 aromatic heterocycles. The second kappa shape index (κ2) is 7.05. The monoisotopic (exact) mass is 221 g/mol. The van der Waals surface area contributed by atoms with Gasteiger partial charge < -0.3 is 0 Å². The minimum atomic E-state index is 0.0258. The minimum Gasteiger partial charge on any atom is -0.0773 e. The Labute approximate surface area is 97.1 Å². The molecule has 0 aromatic carbocycles.